The van der Waals surface area contributed by atoms with Gasteiger partial charge >= 0.3 is 0 Å². The Morgan fingerprint density at radius 3 is 2.59 bits per heavy atom. The second-order valence-corrected chi connectivity index (χ2v) is 9.25. The zero-order valence-corrected chi connectivity index (χ0v) is 18.5. The molecular weight excluding hydrogens is 414 g/mol. The summed E-state index contributed by atoms with van der Waals surface area (Å²) in [7, 11) is 0. The first kappa shape index (κ1) is 19.3. The van der Waals surface area contributed by atoms with Crippen molar-refractivity contribution in [3.63, 3.8) is 0 Å². The maximum absolute atomic E-state index is 13.4. The fraction of sp³-hybridized carbons (Fsp3) is 0.185. The van der Waals surface area contributed by atoms with Crippen molar-refractivity contribution in [2.75, 3.05) is 6.54 Å². The highest BCUT2D eigenvalue weighted by Gasteiger charge is 2.33. The summed E-state index contributed by atoms with van der Waals surface area (Å²) >= 11 is 1.66. The number of benzene rings is 3. The standard InChI is InChI=1S/C27H23N3OS/c31-26(22-11-10-19-6-4-5-9-21(19)16-22)29(23-12-13-23)15-14-24-18-32-27-28-25(17-30(24)27)20-7-2-1-3-8-20/h1-11,16-18,23H,12-15H2. The van der Waals surface area contributed by atoms with Crippen LogP contribution in [-0.4, -0.2) is 32.8 Å². The van der Waals surface area contributed by atoms with Crippen LogP contribution in [0.5, 0.6) is 0 Å². The molecule has 0 aliphatic heterocycles. The molecule has 2 heterocycles. The van der Waals surface area contributed by atoms with Crippen LogP contribution in [0.15, 0.2) is 84.4 Å². The first-order valence-corrected chi connectivity index (χ1v) is 11.9. The number of hydrogen-bond acceptors (Lipinski definition) is 3. The summed E-state index contributed by atoms with van der Waals surface area (Å²) in [4.78, 5) is 21.3. The average Bonchev–Trinajstić information content (AvgIpc) is 3.48. The molecule has 4 nitrogen and oxygen atoms in total. The summed E-state index contributed by atoms with van der Waals surface area (Å²) < 4.78 is 2.18. The molecule has 3 aromatic carbocycles. The summed E-state index contributed by atoms with van der Waals surface area (Å²) in [5.41, 5.74) is 4.10. The van der Waals surface area contributed by atoms with E-state index < -0.39 is 0 Å². The third kappa shape index (κ3) is 3.59. The lowest BCUT2D eigenvalue weighted by atomic mass is 10.1. The van der Waals surface area contributed by atoms with Crippen molar-refractivity contribution in [2.24, 2.45) is 0 Å². The van der Waals surface area contributed by atoms with Gasteiger partial charge in [-0.2, -0.15) is 0 Å². The third-order valence-electron chi connectivity index (χ3n) is 6.21. The largest absolute Gasteiger partial charge is 0.335 e. The van der Waals surface area contributed by atoms with E-state index in [1.165, 1.54) is 5.69 Å². The van der Waals surface area contributed by atoms with Crippen LogP contribution in [0.2, 0.25) is 0 Å². The average molecular weight is 438 g/mol. The number of carbonyl (C=O) groups excluding carboxylic acids is 1. The summed E-state index contributed by atoms with van der Waals surface area (Å²) in [6.07, 6.45) is 5.13. The highest BCUT2D eigenvalue weighted by Crippen LogP contribution is 2.30. The normalized spacial score (nSPS) is 13.6. The van der Waals surface area contributed by atoms with Gasteiger partial charge in [-0.1, -0.05) is 60.7 Å². The predicted octanol–water partition coefficient (Wildman–Crippen LogP) is 6.06. The summed E-state index contributed by atoms with van der Waals surface area (Å²) in [6, 6.07) is 24.9. The Morgan fingerprint density at radius 1 is 1.00 bits per heavy atom. The van der Waals surface area contributed by atoms with Crippen molar-refractivity contribution in [3.05, 3.63) is 95.6 Å². The van der Waals surface area contributed by atoms with E-state index >= 15 is 0 Å². The zero-order chi connectivity index (χ0) is 21.5. The van der Waals surface area contributed by atoms with E-state index in [1.54, 1.807) is 11.3 Å². The maximum atomic E-state index is 13.4. The lowest BCUT2D eigenvalue weighted by Crippen LogP contribution is -2.35. The van der Waals surface area contributed by atoms with Crippen LogP contribution >= 0.6 is 11.3 Å². The molecule has 5 heteroatoms. The number of nitrogens with zero attached hydrogens (tertiary/aromatic N) is 3. The molecular formula is C27H23N3OS. The van der Waals surface area contributed by atoms with Crippen molar-refractivity contribution in [1.29, 1.82) is 0 Å². The summed E-state index contributed by atoms with van der Waals surface area (Å²) in [5, 5.41) is 4.44. The van der Waals surface area contributed by atoms with E-state index in [4.69, 9.17) is 4.98 Å². The minimum atomic E-state index is 0.139. The molecule has 0 bridgehead atoms. The molecule has 1 saturated carbocycles. The van der Waals surface area contributed by atoms with Crippen molar-refractivity contribution < 1.29 is 4.79 Å². The van der Waals surface area contributed by atoms with E-state index in [-0.39, 0.29) is 5.91 Å². The Bertz CT molecular complexity index is 1410. The van der Waals surface area contributed by atoms with Gasteiger partial charge < -0.3 is 4.90 Å². The molecule has 158 valence electrons. The van der Waals surface area contributed by atoms with Crippen molar-refractivity contribution in [2.45, 2.75) is 25.3 Å². The van der Waals surface area contributed by atoms with Crippen molar-refractivity contribution in [3.8, 4) is 11.3 Å². The summed E-state index contributed by atoms with van der Waals surface area (Å²) in [6.45, 7) is 0.723. The SMILES string of the molecule is O=C(c1ccc2ccccc2c1)N(CCc1csc2nc(-c3ccccc3)cn12)C1CC1. The van der Waals surface area contributed by atoms with Crippen molar-refractivity contribution >= 4 is 33.0 Å². The topological polar surface area (TPSA) is 37.6 Å². The van der Waals surface area contributed by atoms with Crippen molar-refractivity contribution in [1.82, 2.24) is 14.3 Å². The molecule has 1 aliphatic carbocycles. The molecule has 6 rings (SSSR count). The first-order valence-electron chi connectivity index (χ1n) is 11.1. The Kier molecular flexibility index (Phi) is 4.76. The zero-order valence-electron chi connectivity index (χ0n) is 17.6. The second-order valence-electron chi connectivity index (χ2n) is 8.41. The quantitative estimate of drug-likeness (QED) is 0.324. The van der Waals surface area contributed by atoms with Crippen LogP contribution in [0.3, 0.4) is 0 Å². The molecule has 32 heavy (non-hydrogen) atoms. The number of rotatable bonds is 6. The minimum absolute atomic E-state index is 0.139. The molecule has 0 atom stereocenters. The Balaban J connectivity index is 1.24. The fourth-order valence-corrected chi connectivity index (χ4v) is 5.22. The van der Waals surface area contributed by atoms with Gasteiger partial charge in [0.1, 0.15) is 0 Å². The van der Waals surface area contributed by atoms with Gasteiger partial charge in [-0.3, -0.25) is 9.20 Å². The van der Waals surface area contributed by atoms with Crippen LogP contribution in [0.1, 0.15) is 28.9 Å². The highest BCUT2D eigenvalue weighted by atomic mass is 32.1. The second kappa shape index (κ2) is 7.92. The molecule has 2 aromatic heterocycles. The van der Waals surface area contributed by atoms with Gasteiger partial charge in [-0.05, 0) is 35.7 Å². The number of aromatic nitrogens is 2. The monoisotopic (exact) mass is 437 g/mol. The number of hydrogen-bond donors (Lipinski definition) is 0. The molecule has 5 aromatic rings. The maximum Gasteiger partial charge on any atom is 0.254 e. The molecule has 0 spiro atoms. The Hall–Kier alpha value is -3.44. The molecule has 0 unspecified atom stereocenters. The molecule has 0 saturated heterocycles. The van der Waals surface area contributed by atoms with Gasteiger partial charge in [0.15, 0.2) is 4.96 Å². The van der Waals surface area contributed by atoms with Crippen LogP contribution < -0.4 is 0 Å². The lowest BCUT2D eigenvalue weighted by molar-refractivity contribution is 0.0745. The summed E-state index contributed by atoms with van der Waals surface area (Å²) in [5.74, 6) is 0.139. The van der Waals surface area contributed by atoms with Crippen LogP contribution in [0.4, 0.5) is 0 Å². The highest BCUT2D eigenvalue weighted by molar-refractivity contribution is 7.15. The van der Waals surface area contributed by atoms with Crippen LogP contribution in [-0.2, 0) is 6.42 Å². The fourth-order valence-electron chi connectivity index (χ4n) is 4.32. The van der Waals surface area contributed by atoms with Crippen LogP contribution in [0, 0.1) is 0 Å². The van der Waals surface area contributed by atoms with Gasteiger partial charge in [-0.15, -0.1) is 11.3 Å². The number of thiazole rings is 1. The smallest absolute Gasteiger partial charge is 0.254 e. The molecule has 1 aliphatic rings. The van der Waals surface area contributed by atoms with E-state index in [1.807, 2.05) is 48.5 Å². The first-order chi connectivity index (χ1) is 15.8. The van der Waals surface area contributed by atoms with E-state index in [0.717, 1.165) is 58.4 Å². The van der Waals surface area contributed by atoms with E-state index in [2.05, 4.69) is 45.1 Å². The Morgan fingerprint density at radius 2 is 1.78 bits per heavy atom. The predicted molar refractivity (Wildman–Crippen MR) is 130 cm³/mol. The minimum Gasteiger partial charge on any atom is -0.335 e. The number of fused-ring (bicyclic) bond motifs is 2. The third-order valence-corrected chi connectivity index (χ3v) is 7.10. The molecule has 0 N–H and O–H groups in total. The molecule has 0 radical (unpaired) electrons. The number of amides is 1. The molecule has 1 amide bonds. The van der Waals surface area contributed by atoms with Gasteiger partial charge in [0.2, 0.25) is 0 Å². The van der Waals surface area contributed by atoms with Gasteiger partial charge in [0.05, 0.1) is 5.69 Å². The number of carbonyl (C=O) groups is 1. The molecule has 1 fully saturated rings. The van der Waals surface area contributed by atoms with E-state index in [9.17, 15) is 4.79 Å². The lowest BCUT2D eigenvalue weighted by Gasteiger charge is -2.22. The van der Waals surface area contributed by atoms with Gasteiger partial charge in [0, 0.05) is 47.4 Å². The van der Waals surface area contributed by atoms with Gasteiger partial charge in [0.25, 0.3) is 5.91 Å². The van der Waals surface area contributed by atoms with Gasteiger partial charge in [-0.25, -0.2) is 4.98 Å². The number of imidazole rings is 1. The van der Waals surface area contributed by atoms with E-state index in [0.29, 0.717) is 6.04 Å². The Labute approximate surface area is 190 Å². The van der Waals surface area contributed by atoms with Crippen LogP contribution in [0.25, 0.3) is 27.0 Å².